The largest absolute Gasteiger partial charge is 0.340 e. The molecule has 2 N–H and O–H groups in total. The van der Waals surface area contributed by atoms with Crippen LogP contribution >= 0.6 is 0 Å². The van der Waals surface area contributed by atoms with Crippen molar-refractivity contribution in [3.63, 3.8) is 0 Å². The molecule has 4 nitrogen and oxygen atoms in total. The van der Waals surface area contributed by atoms with Gasteiger partial charge in [0.1, 0.15) is 0 Å². The SMILES string of the molecule is CN1CCCC1CN1CCCC(N)C1=O. The van der Waals surface area contributed by atoms with E-state index >= 15 is 0 Å². The van der Waals surface area contributed by atoms with Crippen molar-refractivity contribution in [2.24, 2.45) is 5.73 Å². The number of rotatable bonds is 2. The minimum Gasteiger partial charge on any atom is -0.340 e. The van der Waals surface area contributed by atoms with E-state index < -0.39 is 0 Å². The Morgan fingerprint density at radius 2 is 2.07 bits per heavy atom. The molecule has 4 heteroatoms. The van der Waals surface area contributed by atoms with Gasteiger partial charge in [-0.2, -0.15) is 0 Å². The minimum absolute atomic E-state index is 0.154. The van der Waals surface area contributed by atoms with Gasteiger partial charge in [0.15, 0.2) is 0 Å². The number of hydrogen-bond acceptors (Lipinski definition) is 3. The molecule has 15 heavy (non-hydrogen) atoms. The molecule has 0 bridgehead atoms. The molecule has 2 saturated heterocycles. The summed E-state index contributed by atoms with van der Waals surface area (Å²) in [5.41, 5.74) is 5.77. The smallest absolute Gasteiger partial charge is 0.239 e. The summed E-state index contributed by atoms with van der Waals surface area (Å²) in [6.07, 6.45) is 4.39. The van der Waals surface area contributed by atoms with Crippen molar-refractivity contribution in [3.05, 3.63) is 0 Å². The summed E-state index contributed by atoms with van der Waals surface area (Å²) in [6.45, 7) is 2.94. The van der Waals surface area contributed by atoms with Crippen LogP contribution < -0.4 is 5.73 Å². The molecule has 86 valence electrons. The first kappa shape index (κ1) is 10.9. The zero-order valence-electron chi connectivity index (χ0n) is 9.48. The Kier molecular flexibility index (Phi) is 3.26. The van der Waals surface area contributed by atoms with Gasteiger partial charge in [-0.15, -0.1) is 0 Å². The van der Waals surface area contributed by atoms with E-state index in [0.29, 0.717) is 6.04 Å². The van der Waals surface area contributed by atoms with Gasteiger partial charge in [-0.3, -0.25) is 4.79 Å². The van der Waals surface area contributed by atoms with Gasteiger partial charge in [0, 0.05) is 19.1 Å². The van der Waals surface area contributed by atoms with E-state index in [1.54, 1.807) is 0 Å². The van der Waals surface area contributed by atoms with Crippen LogP contribution in [-0.2, 0) is 4.79 Å². The molecule has 2 aliphatic heterocycles. The molecule has 1 amide bonds. The molecule has 2 fully saturated rings. The van der Waals surface area contributed by atoms with E-state index in [-0.39, 0.29) is 11.9 Å². The van der Waals surface area contributed by atoms with E-state index in [4.69, 9.17) is 5.73 Å². The first-order valence-corrected chi connectivity index (χ1v) is 5.93. The number of likely N-dealkylation sites (tertiary alicyclic amines) is 2. The lowest BCUT2D eigenvalue weighted by molar-refractivity contribution is -0.135. The van der Waals surface area contributed by atoms with Gasteiger partial charge in [-0.1, -0.05) is 0 Å². The first-order valence-electron chi connectivity index (χ1n) is 5.93. The fraction of sp³-hybridized carbons (Fsp3) is 0.909. The van der Waals surface area contributed by atoms with E-state index in [2.05, 4.69) is 11.9 Å². The van der Waals surface area contributed by atoms with Gasteiger partial charge < -0.3 is 15.5 Å². The zero-order valence-corrected chi connectivity index (χ0v) is 9.48. The molecule has 0 aromatic carbocycles. The van der Waals surface area contributed by atoms with Crippen LogP contribution in [0.2, 0.25) is 0 Å². The molecule has 0 spiro atoms. The average molecular weight is 211 g/mol. The summed E-state index contributed by atoms with van der Waals surface area (Å²) >= 11 is 0. The van der Waals surface area contributed by atoms with Crippen molar-refractivity contribution in [1.29, 1.82) is 0 Å². The number of carbonyl (C=O) groups excluding carboxylic acids is 1. The van der Waals surface area contributed by atoms with E-state index in [1.807, 2.05) is 4.90 Å². The standard InChI is InChI=1S/C11H21N3O/c1-13-6-2-4-9(13)8-14-7-3-5-10(12)11(14)15/h9-10H,2-8,12H2,1H3. The van der Waals surface area contributed by atoms with Crippen LogP contribution in [0.1, 0.15) is 25.7 Å². The quantitative estimate of drug-likeness (QED) is 0.701. The van der Waals surface area contributed by atoms with Crippen LogP contribution in [0.3, 0.4) is 0 Å². The molecule has 0 aliphatic carbocycles. The number of hydrogen-bond donors (Lipinski definition) is 1. The maximum Gasteiger partial charge on any atom is 0.239 e. The normalized spacial score (nSPS) is 33.7. The third kappa shape index (κ3) is 2.32. The monoisotopic (exact) mass is 211 g/mol. The van der Waals surface area contributed by atoms with Gasteiger partial charge in [-0.25, -0.2) is 0 Å². The van der Waals surface area contributed by atoms with E-state index in [9.17, 15) is 4.79 Å². The van der Waals surface area contributed by atoms with Crippen LogP contribution in [0.4, 0.5) is 0 Å². The molecule has 2 aliphatic rings. The number of piperidine rings is 1. The molecule has 0 aromatic heterocycles. The maximum atomic E-state index is 11.8. The lowest BCUT2D eigenvalue weighted by Gasteiger charge is -2.34. The second kappa shape index (κ2) is 4.49. The number of nitrogens with zero attached hydrogens (tertiary/aromatic N) is 2. The molecular weight excluding hydrogens is 190 g/mol. The topological polar surface area (TPSA) is 49.6 Å². The number of amides is 1. The molecule has 0 radical (unpaired) electrons. The van der Waals surface area contributed by atoms with Gasteiger partial charge in [0.2, 0.25) is 5.91 Å². The summed E-state index contributed by atoms with van der Waals surface area (Å²) in [7, 11) is 2.14. The highest BCUT2D eigenvalue weighted by molar-refractivity contribution is 5.82. The Morgan fingerprint density at radius 1 is 1.33 bits per heavy atom. The fourth-order valence-electron chi connectivity index (χ4n) is 2.62. The van der Waals surface area contributed by atoms with Crippen molar-refractivity contribution in [3.8, 4) is 0 Å². The Hall–Kier alpha value is -0.610. The Bertz CT molecular complexity index is 244. The van der Waals surface area contributed by atoms with E-state index in [0.717, 1.165) is 25.9 Å². The molecule has 2 heterocycles. The number of carbonyl (C=O) groups is 1. The van der Waals surface area contributed by atoms with Crippen LogP contribution in [0.25, 0.3) is 0 Å². The molecule has 2 unspecified atom stereocenters. The van der Waals surface area contributed by atoms with Crippen molar-refractivity contribution < 1.29 is 4.79 Å². The minimum atomic E-state index is -0.245. The first-order chi connectivity index (χ1) is 7.18. The third-order valence-corrected chi connectivity index (χ3v) is 3.67. The maximum absolute atomic E-state index is 11.8. The summed E-state index contributed by atoms with van der Waals surface area (Å²) in [5.74, 6) is 0.154. The van der Waals surface area contributed by atoms with E-state index in [1.165, 1.54) is 19.4 Å². The Labute approximate surface area is 91.4 Å². The van der Waals surface area contributed by atoms with Crippen LogP contribution in [0.5, 0.6) is 0 Å². The summed E-state index contributed by atoms with van der Waals surface area (Å²) in [6, 6.07) is 0.310. The third-order valence-electron chi connectivity index (χ3n) is 3.67. The van der Waals surface area contributed by atoms with Crippen LogP contribution in [0.15, 0.2) is 0 Å². The van der Waals surface area contributed by atoms with Gasteiger partial charge >= 0.3 is 0 Å². The highest BCUT2D eigenvalue weighted by Crippen LogP contribution is 2.18. The second-order valence-corrected chi connectivity index (χ2v) is 4.81. The molecule has 2 atom stereocenters. The van der Waals surface area contributed by atoms with Crippen LogP contribution in [0, 0.1) is 0 Å². The Balaban J connectivity index is 1.90. The Morgan fingerprint density at radius 3 is 2.73 bits per heavy atom. The van der Waals surface area contributed by atoms with Crippen LogP contribution in [-0.4, -0.2) is 54.5 Å². The summed E-state index contributed by atoms with van der Waals surface area (Å²) in [5, 5.41) is 0. The van der Waals surface area contributed by atoms with Crippen molar-refractivity contribution >= 4 is 5.91 Å². The molecule has 2 rings (SSSR count). The van der Waals surface area contributed by atoms with Crippen molar-refractivity contribution in [1.82, 2.24) is 9.80 Å². The predicted octanol–water partition coefficient (Wildman–Crippen LogP) is 0.0303. The van der Waals surface area contributed by atoms with Crippen molar-refractivity contribution in [2.45, 2.75) is 37.8 Å². The summed E-state index contributed by atoms with van der Waals surface area (Å²) in [4.78, 5) is 16.1. The van der Waals surface area contributed by atoms with Crippen molar-refractivity contribution in [2.75, 3.05) is 26.7 Å². The predicted molar refractivity (Wildman–Crippen MR) is 59.4 cm³/mol. The molecule has 0 saturated carbocycles. The lowest BCUT2D eigenvalue weighted by Crippen LogP contribution is -2.51. The molecular formula is C11H21N3O. The second-order valence-electron chi connectivity index (χ2n) is 4.81. The van der Waals surface area contributed by atoms with Gasteiger partial charge in [0.25, 0.3) is 0 Å². The molecule has 0 aromatic rings. The number of likely N-dealkylation sites (N-methyl/N-ethyl adjacent to an activating group) is 1. The number of nitrogens with two attached hydrogens (primary N) is 1. The highest BCUT2D eigenvalue weighted by Gasteiger charge is 2.30. The van der Waals surface area contributed by atoms with Gasteiger partial charge in [0.05, 0.1) is 6.04 Å². The highest BCUT2D eigenvalue weighted by atomic mass is 16.2. The zero-order chi connectivity index (χ0) is 10.8. The average Bonchev–Trinajstić information content (AvgIpc) is 2.60. The summed E-state index contributed by atoms with van der Waals surface area (Å²) < 4.78 is 0. The fourth-order valence-corrected chi connectivity index (χ4v) is 2.62. The lowest BCUT2D eigenvalue weighted by atomic mass is 10.0. The van der Waals surface area contributed by atoms with Gasteiger partial charge in [-0.05, 0) is 39.3 Å².